The van der Waals surface area contributed by atoms with E-state index in [4.69, 9.17) is 4.74 Å². The van der Waals surface area contributed by atoms with Crippen molar-refractivity contribution in [3.8, 4) is 5.75 Å². The Kier molecular flexibility index (Phi) is 7.96. The second-order valence-corrected chi connectivity index (χ2v) is 10.1. The van der Waals surface area contributed by atoms with Crippen LogP contribution in [0.25, 0.3) is 6.08 Å². The Labute approximate surface area is 204 Å². The van der Waals surface area contributed by atoms with Crippen molar-refractivity contribution in [2.75, 3.05) is 14.2 Å². The third kappa shape index (κ3) is 6.13. The summed E-state index contributed by atoms with van der Waals surface area (Å²) >= 11 is 2.40. The Hall–Kier alpha value is -2.80. The van der Waals surface area contributed by atoms with E-state index >= 15 is 0 Å². The highest BCUT2D eigenvalue weighted by atomic mass is 127. The smallest absolute Gasteiger partial charge is 0.248 e. The van der Waals surface area contributed by atoms with Crippen molar-refractivity contribution in [2.45, 2.75) is 23.8 Å². The molecule has 32 heavy (non-hydrogen) atoms. The number of methoxy groups -OCH3 is 1. The molecular formula is C27H29IN2O2. The maximum Gasteiger partial charge on any atom is 0.248 e. The van der Waals surface area contributed by atoms with Crippen LogP contribution in [-0.4, -0.2) is 28.4 Å². The number of ether oxygens (including phenoxy) is 1. The molecule has 0 fully saturated rings. The number of benzene rings is 2. The number of nitrogens with zero attached hydrogens (tertiary/aromatic N) is 1. The first-order valence-electron chi connectivity index (χ1n) is 10.5. The molecule has 1 amide bonds. The van der Waals surface area contributed by atoms with E-state index in [-0.39, 0.29) is 9.33 Å². The van der Waals surface area contributed by atoms with Gasteiger partial charge in [0.1, 0.15) is 5.75 Å². The third-order valence-electron chi connectivity index (χ3n) is 5.32. The number of carbonyl (C=O) groups excluding carboxylic acids is 1. The van der Waals surface area contributed by atoms with Gasteiger partial charge in [0.15, 0.2) is 0 Å². The molecule has 0 spiro atoms. The van der Waals surface area contributed by atoms with E-state index in [9.17, 15) is 4.79 Å². The summed E-state index contributed by atoms with van der Waals surface area (Å²) in [5.74, 6) is 0.683. The van der Waals surface area contributed by atoms with E-state index in [1.807, 2.05) is 49.4 Å². The second-order valence-electron chi connectivity index (χ2n) is 7.98. The van der Waals surface area contributed by atoms with Crippen LogP contribution in [-0.2, 0) is 11.3 Å². The zero-order valence-electron chi connectivity index (χ0n) is 18.9. The Balaban J connectivity index is 1.67. The summed E-state index contributed by atoms with van der Waals surface area (Å²) in [6.07, 6.45) is 11.6. The van der Waals surface area contributed by atoms with Gasteiger partial charge in [0.05, 0.1) is 10.5 Å². The minimum absolute atomic E-state index is 0.153. The van der Waals surface area contributed by atoms with Crippen molar-refractivity contribution in [1.29, 1.82) is 0 Å². The van der Waals surface area contributed by atoms with E-state index < -0.39 is 0 Å². The van der Waals surface area contributed by atoms with Crippen molar-refractivity contribution in [1.82, 2.24) is 10.2 Å². The van der Waals surface area contributed by atoms with Crippen molar-refractivity contribution < 1.29 is 9.53 Å². The first-order chi connectivity index (χ1) is 15.3. The van der Waals surface area contributed by atoms with Gasteiger partial charge >= 0.3 is 0 Å². The van der Waals surface area contributed by atoms with Gasteiger partial charge < -0.3 is 15.0 Å². The van der Waals surface area contributed by atoms with Gasteiger partial charge in [-0.15, -0.1) is 0 Å². The number of halogens is 1. The molecule has 2 aromatic carbocycles. The average molecular weight is 540 g/mol. The number of nitrogens with one attached hydrogen (secondary N) is 1. The lowest BCUT2D eigenvalue weighted by Crippen LogP contribution is -2.36. The Morgan fingerprint density at radius 1 is 1.22 bits per heavy atom. The molecule has 1 aliphatic carbocycles. The number of alkyl halides is 1. The van der Waals surface area contributed by atoms with Gasteiger partial charge in [-0.3, -0.25) is 4.79 Å². The molecule has 1 aliphatic rings. The highest BCUT2D eigenvalue weighted by molar-refractivity contribution is 14.1. The van der Waals surface area contributed by atoms with Gasteiger partial charge in [-0.1, -0.05) is 71.1 Å². The summed E-state index contributed by atoms with van der Waals surface area (Å²) < 4.78 is 4.94. The molecule has 4 nitrogen and oxygen atoms in total. The number of hydrogen-bond donors (Lipinski definition) is 1. The van der Waals surface area contributed by atoms with Crippen LogP contribution in [0.15, 0.2) is 90.3 Å². The van der Waals surface area contributed by atoms with Crippen LogP contribution in [0, 0.1) is 6.92 Å². The number of hydrogen-bond acceptors (Lipinski definition) is 3. The van der Waals surface area contributed by atoms with Crippen molar-refractivity contribution in [3.05, 3.63) is 107 Å². The molecule has 2 aromatic rings. The van der Waals surface area contributed by atoms with Crippen molar-refractivity contribution in [2.24, 2.45) is 0 Å². The van der Waals surface area contributed by atoms with Gasteiger partial charge in [0, 0.05) is 31.6 Å². The number of rotatable bonds is 7. The van der Waals surface area contributed by atoms with Gasteiger partial charge in [-0.25, -0.2) is 0 Å². The lowest BCUT2D eigenvalue weighted by molar-refractivity contribution is -0.115. The fraction of sp³-hybridized carbons (Fsp3) is 0.222. The zero-order chi connectivity index (χ0) is 23.1. The maximum absolute atomic E-state index is 12.6. The van der Waals surface area contributed by atoms with Gasteiger partial charge in [0.2, 0.25) is 5.91 Å². The third-order valence-corrected chi connectivity index (χ3v) is 6.53. The Morgan fingerprint density at radius 3 is 2.66 bits per heavy atom. The molecule has 0 aliphatic heterocycles. The quantitative estimate of drug-likeness (QED) is 0.275. The van der Waals surface area contributed by atoms with Crippen molar-refractivity contribution in [3.63, 3.8) is 0 Å². The zero-order valence-corrected chi connectivity index (χ0v) is 21.1. The fourth-order valence-corrected chi connectivity index (χ4v) is 4.18. The maximum atomic E-state index is 12.6. The van der Waals surface area contributed by atoms with Gasteiger partial charge in [0.25, 0.3) is 0 Å². The van der Waals surface area contributed by atoms with Crippen LogP contribution in [0.4, 0.5) is 0 Å². The summed E-state index contributed by atoms with van der Waals surface area (Å²) in [5.41, 5.74) is 5.23. The van der Waals surface area contributed by atoms with E-state index in [2.05, 4.69) is 83.3 Å². The second kappa shape index (κ2) is 10.7. The number of allylic oxidation sites excluding steroid dienone is 4. The molecule has 0 saturated carbocycles. The number of carbonyl (C=O) groups is 1. The van der Waals surface area contributed by atoms with Crippen LogP contribution < -0.4 is 10.1 Å². The summed E-state index contributed by atoms with van der Waals surface area (Å²) in [6, 6.07) is 16.2. The Morgan fingerprint density at radius 2 is 1.97 bits per heavy atom. The molecule has 0 bridgehead atoms. The molecule has 3 rings (SSSR count). The first-order valence-corrected chi connectivity index (χ1v) is 11.6. The lowest BCUT2D eigenvalue weighted by atomic mass is 9.93. The topological polar surface area (TPSA) is 41.6 Å². The van der Waals surface area contributed by atoms with E-state index in [0.717, 1.165) is 34.7 Å². The molecule has 0 aromatic heterocycles. The van der Waals surface area contributed by atoms with Crippen LogP contribution in [0.3, 0.4) is 0 Å². The molecule has 0 heterocycles. The van der Waals surface area contributed by atoms with E-state index in [0.29, 0.717) is 0 Å². The predicted molar refractivity (Wildman–Crippen MR) is 141 cm³/mol. The molecular weight excluding hydrogens is 511 g/mol. The molecule has 1 N–H and O–H groups in total. The van der Waals surface area contributed by atoms with E-state index in [1.165, 1.54) is 5.56 Å². The molecule has 166 valence electrons. The van der Waals surface area contributed by atoms with Crippen LogP contribution >= 0.6 is 22.6 Å². The average Bonchev–Trinajstić information content (AvgIpc) is 2.76. The molecule has 0 saturated heterocycles. The summed E-state index contributed by atoms with van der Waals surface area (Å²) in [7, 11) is 3.72. The molecule has 5 heteroatoms. The SMILES string of the molecule is COc1ccc(/C=C/C(=O)NC2=CC=C/C(=C/N(C)Cc3ccccc3)C2(C)I)cc1C. The number of amides is 1. The normalized spacial score (nSPS) is 19.2. The highest BCUT2D eigenvalue weighted by Gasteiger charge is 2.31. The van der Waals surface area contributed by atoms with Crippen molar-refractivity contribution >= 4 is 34.6 Å². The minimum atomic E-state index is -0.350. The van der Waals surface area contributed by atoms with Crippen LogP contribution in [0.2, 0.25) is 0 Å². The van der Waals surface area contributed by atoms with Crippen LogP contribution in [0.5, 0.6) is 5.75 Å². The van der Waals surface area contributed by atoms with E-state index in [1.54, 1.807) is 13.2 Å². The molecule has 1 atom stereocenters. The first kappa shape index (κ1) is 23.9. The highest BCUT2D eigenvalue weighted by Crippen LogP contribution is 2.37. The van der Waals surface area contributed by atoms with Crippen LogP contribution in [0.1, 0.15) is 23.6 Å². The lowest BCUT2D eigenvalue weighted by Gasteiger charge is -2.31. The summed E-state index contributed by atoms with van der Waals surface area (Å²) in [6.45, 7) is 4.92. The predicted octanol–water partition coefficient (Wildman–Crippen LogP) is 5.80. The fourth-order valence-electron chi connectivity index (χ4n) is 3.55. The van der Waals surface area contributed by atoms with Gasteiger partial charge in [-0.05, 0) is 60.4 Å². The standard InChI is InChI=1S/C27H29IN2O2/c1-20-17-21(13-15-24(20)32-4)14-16-26(31)29-25-12-8-11-23(27(25,2)28)19-30(3)18-22-9-6-5-7-10-22/h5-17,19H,18H2,1-4H3,(H,29,31)/b16-14+,23-19-. The largest absolute Gasteiger partial charge is 0.496 e. The summed E-state index contributed by atoms with van der Waals surface area (Å²) in [5, 5.41) is 3.06. The summed E-state index contributed by atoms with van der Waals surface area (Å²) in [4.78, 5) is 14.8. The molecule has 0 radical (unpaired) electrons. The Bertz CT molecular complexity index is 1080. The number of aryl methyl sites for hydroxylation is 1. The monoisotopic (exact) mass is 540 g/mol. The molecule has 1 unspecified atom stereocenters. The minimum Gasteiger partial charge on any atom is -0.496 e. The van der Waals surface area contributed by atoms with Gasteiger partial charge in [-0.2, -0.15) is 0 Å².